The van der Waals surface area contributed by atoms with Gasteiger partial charge in [0.25, 0.3) is 0 Å². The van der Waals surface area contributed by atoms with Gasteiger partial charge in [-0.3, -0.25) is 0 Å². The summed E-state index contributed by atoms with van der Waals surface area (Å²) in [7, 11) is 1.55. The van der Waals surface area contributed by atoms with E-state index in [9.17, 15) is 4.39 Å². The molecule has 0 saturated heterocycles. The third-order valence-electron chi connectivity index (χ3n) is 2.19. The van der Waals surface area contributed by atoms with Crippen LogP contribution in [0.2, 0.25) is 0 Å². The van der Waals surface area contributed by atoms with Gasteiger partial charge >= 0.3 is 0 Å². The molecule has 16 heavy (non-hydrogen) atoms. The zero-order chi connectivity index (χ0) is 11.4. The van der Waals surface area contributed by atoms with Crippen molar-refractivity contribution in [1.82, 2.24) is 0 Å². The van der Waals surface area contributed by atoms with Gasteiger partial charge in [-0.25, -0.2) is 4.39 Å². The summed E-state index contributed by atoms with van der Waals surface area (Å²) >= 11 is 0. The second kappa shape index (κ2) is 4.70. The summed E-state index contributed by atoms with van der Waals surface area (Å²) < 4.78 is 23.3. The lowest BCUT2D eigenvalue weighted by atomic mass is 10.2. The molecule has 2 aromatic rings. The summed E-state index contributed by atoms with van der Waals surface area (Å²) in [5.41, 5.74) is 0.610. The fraction of sp³-hybridized carbons (Fsp3) is 0.167. The molecule has 0 aliphatic rings. The van der Waals surface area contributed by atoms with Crippen LogP contribution in [0.1, 0.15) is 5.76 Å². The fourth-order valence-corrected chi connectivity index (χ4v) is 1.41. The third kappa shape index (κ3) is 2.34. The van der Waals surface area contributed by atoms with Crippen molar-refractivity contribution in [3.63, 3.8) is 0 Å². The summed E-state index contributed by atoms with van der Waals surface area (Å²) in [5.74, 6) is 1.09. The number of furan rings is 1. The van der Waals surface area contributed by atoms with Crippen molar-refractivity contribution in [1.29, 1.82) is 0 Å². The van der Waals surface area contributed by atoms with E-state index in [0.717, 1.165) is 5.76 Å². The van der Waals surface area contributed by atoms with Gasteiger partial charge in [-0.15, -0.1) is 0 Å². The van der Waals surface area contributed by atoms with Crippen molar-refractivity contribution in [3.8, 4) is 5.75 Å². The molecule has 0 unspecified atom stereocenters. The number of nitrogens with one attached hydrogen (secondary N) is 1. The lowest BCUT2D eigenvalue weighted by Gasteiger charge is -2.09. The molecule has 4 heteroatoms. The van der Waals surface area contributed by atoms with Gasteiger partial charge in [0, 0.05) is 6.07 Å². The summed E-state index contributed by atoms with van der Waals surface area (Å²) in [6.07, 6.45) is 1.60. The minimum atomic E-state index is -0.303. The smallest absolute Gasteiger partial charge is 0.142 e. The Morgan fingerprint density at radius 3 is 2.94 bits per heavy atom. The van der Waals surface area contributed by atoms with E-state index in [2.05, 4.69) is 5.32 Å². The van der Waals surface area contributed by atoms with Crippen molar-refractivity contribution >= 4 is 5.69 Å². The van der Waals surface area contributed by atoms with E-state index in [1.165, 1.54) is 12.1 Å². The Balaban J connectivity index is 2.11. The van der Waals surface area contributed by atoms with Crippen LogP contribution in [0.15, 0.2) is 41.0 Å². The zero-order valence-electron chi connectivity index (χ0n) is 8.87. The first kappa shape index (κ1) is 10.5. The molecule has 0 aliphatic carbocycles. The molecule has 0 bridgehead atoms. The standard InChI is InChI=1S/C12H12FNO2/c1-15-12-5-4-9(13)7-11(12)14-8-10-3-2-6-16-10/h2-7,14H,8H2,1H3. The molecule has 1 aromatic carbocycles. The van der Waals surface area contributed by atoms with Gasteiger partial charge in [-0.05, 0) is 24.3 Å². The SMILES string of the molecule is COc1ccc(F)cc1NCc1ccco1. The molecule has 0 atom stereocenters. The maximum Gasteiger partial charge on any atom is 0.142 e. The van der Waals surface area contributed by atoms with Crippen LogP contribution < -0.4 is 10.1 Å². The molecule has 0 fully saturated rings. The number of rotatable bonds is 4. The minimum absolute atomic E-state index is 0.303. The number of hydrogen-bond donors (Lipinski definition) is 1. The van der Waals surface area contributed by atoms with Crippen LogP contribution >= 0.6 is 0 Å². The molecule has 1 heterocycles. The topological polar surface area (TPSA) is 34.4 Å². The highest BCUT2D eigenvalue weighted by Gasteiger charge is 2.04. The number of ether oxygens (including phenoxy) is 1. The Bertz CT molecular complexity index is 454. The first-order valence-electron chi connectivity index (χ1n) is 4.89. The van der Waals surface area contributed by atoms with Gasteiger partial charge in [0.15, 0.2) is 0 Å². The second-order valence-electron chi connectivity index (χ2n) is 3.28. The van der Waals surface area contributed by atoms with E-state index < -0.39 is 0 Å². The molecule has 0 spiro atoms. The van der Waals surface area contributed by atoms with Crippen LogP contribution in [-0.2, 0) is 6.54 Å². The lowest BCUT2D eigenvalue weighted by Crippen LogP contribution is -2.00. The van der Waals surface area contributed by atoms with Crippen LogP contribution in [0.5, 0.6) is 5.75 Å². The highest BCUT2D eigenvalue weighted by Crippen LogP contribution is 2.25. The van der Waals surface area contributed by atoms with Gasteiger partial charge in [0.05, 0.1) is 25.6 Å². The molecular formula is C12H12FNO2. The molecule has 3 nitrogen and oxygen atoms in total. The molecule has 84 valence electrons. The van der Waals surface area contributed by atoms with E-state index in [4.69, 9.17) is 9.15 Å². The molecule has 0 amide bonds. The summed E-state index contributed by atoms with van der Waals surface area (Å²) in [6, 6.07) is 7.98. The summed E-state index contributed by atoms with van der Waals surface area (Å²) in [6.45, 7) is 0.493. The highest BCUT2D eigenvalue weighted by atomic mass is 19.1. The number of hydrogen-bond acceptors (Lipinski definition) is 3. The van der Waals surface area contributed by atoms with E-state index in [1.54, 1.807) is 25.5 Å². The first-order chi connectivity index (χ1) is 7.79. The highest BCUT2D eigenvalue weighted by molar-refractivity contribution is 5.56. The van der Waals surface area contributed by atoms with Crippen molar-refractivity contribution in [2.45, 2.75) is 6.54 Å². The van der Waals surface area contributed by atoms with E-state index >= 15 is 0 Å². The van der Waals surface area contributed by atoms with Gasteiger partial charge in [0.1, 0.15) is 17.3 Å². The third-order valence-corrected chi connectivity index (χ3v) is 2.19. The van der Waals surface area contributed by atoms with Crippen LogP contribution in [0, 0.1) is 5.82 Å². The fourth-order valence-electron chi connectivity index (χ4n) is 1.41. The maximum absolute atomic E-state index is 13.0. The van der Waals surface area contributed by atoms with Gasteiger partial charge in [-0.1, -0.05) is 0 Å². The van der Waals surface area contributed by atoms with Crippen LogP contribution in [0.4, 0.5) is 10.1 Å². The molecule has 2 rings (SSSR count). The summed E-state index contributed by atoms with van der Waals surface area (Å²) in [4.78, 5) is 0. The molecule has 0 aliphatic heterocycles. The first-order valence-corrected chi connectivity index (χ1v) is 4.89. The lowest BCUT2D eigenvalue weighted by molar-refractivity contribution is 0.415. The van der Waals surface area contributed by atoms with Crippen molar-refractivity contribution in [2.24, 2.45) is 0 Å². The van der Waals surface area contributed by atoms with Gasteiger partial charge in [0.2, 0.25) is 0 Å². The number of methoxy groups -OCH3 is 1. The Morgan fingerprint density at radius 1 is 1.38 bits per heavy atom. The molecule has 1 aromatic heterocycles. The van der Waals surface area contributed by atoms with Crippen molar-refractivity contribution in [3.05, 3.63) is 48.2 Å². The van der Waals surface area contributed by atoms with E-state index in [1.807, 2.05) is 6.07 Å². The van der Waals surface area contributed by atoms with E-state index in [0.29, 0.717) is 18.0 Å². The molecule has 1 N–H and O–H groups in total. The normalized spacial score (nSPS) is 10.1. The Hall–Kier alpha value is -1.97. The Morgan fingerprint density at radius 2 is 2.25 bits per heavy atom. The quantitative estimate of drug-likeness (QED) is 0.861. The predicted molar refractivity (Wildman–Crippen MR) is 59.0 cm³/mol. The van der Waals surface area contributed by atoms with Crippen LogP contribution in [0.25, 0.3) is 0 Å². The van der Waals surface area contributed by atoms with Gasteiger partial charge in [-0.2, -0.15) is 0 Å². The second-order valence-corrected chi connectivity index (χ2v) is 3.28. The average Bonchev–Trinajstić information content (AvgIpc) is 2.79. The summed E-state index contributed by atoms with van der Waals surface area (Å²) in [5, 5.41) is 3.05. The Labute approximate surface area is 92.8 Å². The minimum Gasteiger partial charge on any atom is -0.495 e. The number of anilines is 1. The zero-order valence-corrected chi connectivity index (χ0v) is 8.87. The predicted octanol–water partition coefficient (Wildman–Crippen LogP) is 3.04. The van der Waals surface area contributed by atoms with Crippen molar-refractivity contribution < 1.29 is 13.5 Å². The molecule has 0 radical (unpaired) electrons. The number of halogens is 1. The Kier molecular flexibility index (Phi) is 3.10. The van der Waals surface area contributed by atoms with Crippen LogP contribution in [0.3, 0.4) is 0 Å². The van der Waals surface area contributed by atoms with Gasteiger partial charge < -0.3 is 14.5 Å². The van der Waals surface area contributed by atoms with Crippen molar-refractivity contribution in [2.75, 3.05) is 12.4 Å². The van der Waals surface area contributed by atoms with Crippen LogP contribution in [-0.4, -0.2) is 7.11 Å². The molecule has 0 saturated carbocycles. The molecular weight excluding hydrogens is 209 g/mol. The average molecular weight is 221 g/mol. The van der Waals surface area contributed by atoms with E-state index in [-0.39, 0.29) is 5.82 Å². The number of benzene rings is 1. The maximum atomic E-state index is 13.0. The monoisotopic (exact) mass is 221 g/mol. The largest absolute Gasteiger partial charge is 0.495 e.